The smallest absolute Gasteiger partial charge is 0.303 e. The third kappa shape index (κ3) is 11.7. The Morgan fingerprint density at radius 3 is 1.33 bits per heavy atom. The molecular formula is C28H40O17S. The second kappa shape index (κ2) is 18.0. The van der Waals surface area contributed by atoms with Gasteiger partial charge in [-0.05, 0) is 5.75 Å². The van der Waals surface area contributed by atoms with Crippen molar-refractivity contribution in [2.24, 2.45) is 0 Å². The summed E-state index contributed by atoms with van der Waals surface area (Å²) in [4.78, 5) is 84.5. The Balaban J connectivity index is 2.70. The molecule has 2 saturated heterocycles. The average molecular weight is 681 g/mol. The van der Waals surface area contributed by atoms with Crippen LogP contribution >= 0.6 is 11.8 Å². The minimum absolute atomic E-state index is 0.434. The third-order valence-corrected chi connectivity index (χ3v) is 7.26. The van der Waals surface area contributed by atoms with Crippen molar-refractivity contribution in [3.63, 3.8) is 0 Å². The molecule has 0 aromatic carbocycles. The van der Waals surface area contributed by atoms with Gasteiger partial charge >= 0.3 is 41.8 Å². The first-order chi connectivity index (χ1) is 21.5. The van der Waals surface area contributed by atoms with Crippen LogP contribution in [0, 0.1) is 0 Å². The molecule has 17 nitrogen and oxygen atoms in total. The summed E-state index contributed by atoms with van der Waals surface area (Å²) in [6.45, 7) is 8.52. The number of hydrogen-bond acceptors (Lipinski definition) is 18. The molecule has 0 aromatic rings. The van der Waals surface area contributed by atoms with Crippen LogP contribution in [0.4, 0.5) is 0 Å². The van der Waals surface area contributed by atoms with Crippen LogP contribution in [0.15, 0.2) is 0 Å². The van der Waals surface area contributed by atoms with Crippen LogP contribution in [0.2, 0.25) is 0 Å². The SMILES string of the molecule is CCS[C@@H]1OC(COC(C)=O)[C@@H](O[C@H]2OC(COC(C)=O)[C@@H](OC(C)=O)C(OC(C)=O)C2OC(C)=O)C(OC(C)=O)C1OC(C)=O. The number of carbonyl (C=O) groups excluding carboxylic acids is 7. The summed E-state index contributed by atoms with van der Waals surface area (Å²) in [5, 5.41) is 0. The van der Waals surface area contributed by atoms with Crippen molar-refractivity contribution in [3.05, 3.63) is 0 Å². The molecule has 6 unspecified atom stereocenters. The Morgan fingerprint density at radius 2 is 0.891 bits per heavy atom. The first kappa shape index (κ1) is 38.7. The van der Waals surface area contributed by atoms with Gasteiger partial charge in [-0.1, -0.05) is 6.92 Å². The van der Waals surface area contributed by atoms with E-state index in [4.69, 9.17) is 47.4 Å². The monoisotopic (exact) mass is 680 g/mol. The molecule has 0 spiro atoms. The molecule has 2 aliphatic rings. The second-order valence-electron chi connectivity index (χ2n) is 10.1. The van der Waals surface area contributed by atoms with Crippen LogP contribution in [0.3, 0.4) is 0 Å². The zero-order chi connectivity index (χ0) is 34.7. The maximum Gasteiger partial charge on any atom is 0.303 e. The van der Waals surface area contributed by atoms with Gasteiger partial charge in [0.2, 0.25) is 0 Å². The number of esters is 7. The van der Waals surface area contributed by atoms with E-state index in [1.54, 1.807) is 6.92 Å². The highest BCUT2D eigenvalue weighted by Crippen LogP contribution is 2.37. The maximum absolute atomic E-state index is 12.3. The van der Waals surface area contributed by atoms with Crippen molar-refractivity contribution in [1.29, 1.82) is 0 Å². The van der Waals surface area contributed by atoms with Gasteiger partial charge in [-0.2, -0.15) is 0 Å². The van der Waals surface area contributed by atoms with Crippen molar-refractivity contribution < 1.29 is 80.9 Å². The predicted octanol–water partition coefficient (Wildman–Crippen LogP) is 0.359. The second-order valence-corrected chi connectivity index (χ2v) is 11.5. The zero-order valence-electron chi connectivity index (χ0n) is 26.7. The maximum atomic E-state index is 12.3. The van der Waals surface area contributed by atoms with Gasteiger partial charge in [-0.25, -0.2) is 0 Å². The van der Waals surface area contributed by atoms with Gasteiger partial charge in [0, 0.05) is 48.5 Å². The molecule has 0 N–H and O–H groups in total. The van der Waals surface area contributed by atoms with Crippen molar-refractivity contribution in [2.75, 3.05) is 19.0 Å². The molecule has 10 atom stereocenters. The van der Waals surface area contributed by atoms with Crippen molar-refractivity contribution in [2.45, 2.75) is 116 Å². The minimum Gasteiger partial charge on any atom is -0.463 e. The molecule has 2 aliphatic heterocycles. The summed E-state index contributed by atoms with van der Waals surface area (Å²) in [5.41, 5.74) is -0.922. The van der Waals surface area contributed by atoms with Gasteiger partial charge in [-0.3, -0.25) is 33.6 Å². The van der Waals surface area contributed by atoms with Crippen molar-refractivity contribution >= 4 is 53.5 Å². The van der Waals surface area contributed by atoms with Gasteiger partial charge < -0.3 is 47.4 Å². The summed E-state index contributed by atoms with van der Waals surface area (Å²) in [5.74, 6) is -5.06. The molecule has 18 heteroatoms. The third-order valence-electron chi connectivity index (χ3n) is 6.22. The Hall–Kier alpha value is -3.48. The van der Waals surface area contributed by atoms with E-state index in [0.717, 1.165) is 48.5 Å². The summed E-state index contributed by atoms with van der Waals surface area (Å²) in [6, 6.07) is 0. The summed E-state index contributed by atoms with van der Waals surface area (Å²) in [7, 11) is 0. The summed E-state index contributed by atoms with van der Waals surface area (Å²) in [6.07, 6.45) is -13.1. The number of thioether (sulfide) groups is 1. The van der Waals surface area contributed by atoms with E-state index in [-0.39, 0.29) is 0 Å². The number of ether oxygens (including phenoxy) is 10. The van der Waals surface area contributed by atoms with Gasteiger partial charge in [0.25, 0.3) is 0 Å². The van der Waals surface area contributed by atoms with E-state index in [1.165, 1.54) is 11.8 Å². The summed E-state index contributed by atoms with van der Waals surface area (Å²) >= 11 is 1.21. The molecule has 0 radical (unpaired) electrons. The predicted molar refractivity (Wildman–Crippen MR) is 151 cm³/mol. The van der Waals surface area contributed by atoms with Crippen molar-refractivity contribution in [3.8, 4) is 0 Å². The van der Waals surface area contributed by atoms with Gasteiger partial charge in [0.1, 0.15) is 37.0 Å². The van der Waals surface area contributed by atoms with Crippen LogP contribution in [0.1, 0.15) is 55.4 Å². The first-order valence-electron chi connectivity index (χ1n) is 14.2. The topological polar surface area (TPSA) is 212 Å². The van der Waals surface area contributed by atoms with E-state index in [0.29, 0.717) is 5.75 Å². The van der Waals surface area contributed by atoms with E-state index in [9.17, 15) is 33.6 Å². The molecule has 0 bridgehead atoms. The van der Waals surface area contributed by atoms with Crippen LogP contribution in [-0.2, 0) is 80.9 Å². The normalized spacial score (nSPS) is 30.6. The fraction of sp³-hybridized carbons (Fsp3) is 0.750. The number of rotatable bonds is 13. The molecule has 0 aromatic heterocycles. The number of carbonyl (C=O) groups is 7. The van der Waals surface area contributed by atoms with E-state index >= 15 is 0 Å². The molecule has 0 aliphatic carbocycles. The molecule has 2 heterocycles. The Labute approximate surface area is 269 Å². The molecule has 2 rings (SSSR count). The lowest BCUT2D eigenvalue weighted by Crippen LogP contribution is -2.66. The summed E-state index contributed by atoms with van der Waals surface area (Å²) < 4.78 is 56.1. The first-order valence-corrected chi connectivity index (χ1v) is 15.3. The van der Waals surface area contributed by atoms with Gasteiger partial charge in [0.15, 0.2) is 36.8 Å². The highest BCUT2D eigenvalue weighted by Gasteiger charge is 2.57. The fourth-order valence-electron chi connectivity index (χ4n) is 4.77. The van der Waals surface area contributed by atoms with Gasteiger partial charge in [0.05, 0.1) is 0 Å². The quantitative estimate of drug-likeness (QED) is 0.190. The van der Waals surface area contributed by atoms with Crippen LogP contribution in [-0.4, -0.2) is 121 Å². The minimum atomic E-state index is -1.72. The lowest BCUT2D eigenvalue weighted by atomic mass is 9.96. The van der Waals surface area contributed by atoms with Gasteiger partial charge in [-0.15, -0.1) is 11.8 Å². The average Bonchev–Trinajstić information content (AvgIpc) is 2.91. The lowest BCUT2D eigenvalue weighted by molar-refractivity contribution is -0.341. The van der Waals surface area contributed by atoms with Crippen LogP contribution < -0.4 is 0 Å². The number of hydrogen-bond donors (Lipinski definition) is 0. The highest BCUT2D eigenvalue weighted by molar-refractivity contribution is 7.99. The van der Waals surface area contributed by atoms with E-state index < -0.39 is 116 Å². The molecule has 260 valence electrons. The van der Waals surface area contributed by atoms with Crippen LogP contribution in [0.5, 0.6) is 0 Å². The largest absolute Gasteiger partial charge is 0.463 e. The highest BCUT2D eigenvalue weighted by atomic mass is 32.2. The molecule has 0 saturated carbocycles. The van der Waals surface area contributed by atoms with E-state index in [2.05, 4.69) is 0 Å². The van der Waals surface area contributed by atoms with Crippen LogP contribution in [0.25, 0.3) is 0 Å². The lowest BCUT2D eigenvalue weighted by Gasteiger charge is -2.48. The fourth-order valence-corrected chi connectivity index (χ4v) is 5.72. The Morgan fingerprint density at radius 1 is 0.500 bits per heavy atom. The molecule has 2 fully saturated rings. The Kier molecular flexibility index (Phi) is 15.2. The molecule has 0 amide bonds. The van der Waals surface area contributed by atoms with Crippen molar-refractivity contribution in [1.82, 2.24) is 0 Å². The Bertz CT molecular complexity index is 1130. The molecule has 46 heavy (non-hydrogen) atoms. The van der Waals surface area contributed by atoms with E-state index in [1.807, 2.05) is 0 Å². The zero-order valence-corrected chi connectivity index (χ0v) is 27.6. The molecular weight excluding hydrogens is 640 g/mol. The standard InChI is InChI=1S/C28H40O17S/c1-9-46-28-26(42-18(8)35)24(40-16(6)33)22(20(44-28)11-37-13(3)30)45-27-25(41-17(7)34)23(39-15(5)32)21(38-14(4)31)19(43-27)10-36-12(2)29/h19-28H,9-11H2,1-8H3/t19?,20?,21-,22-,23?,24?,25?,26?,27-,28+/m1/s1.